The molecule has 0 amide bonds. The lowest BCUT2D eigenvalue weighted by atomic mass is 10.0. The van der Waals surface area contributed by atoms with Crippen LogP contribution in [-0.2, 0) is 0 Å². The molecule has 0 saturated carbocycles. The molecule has 6 rings (SSSR count). The predicted octanol–water partition coefficient (Wildman–Crippen LogP) is 5.84. The van der Waals surface area contributed by atoms with Gasteiger partial charge in [-0.25, -0.2) is 0 Å². The highest BCUT2D eigenvalue weighted by atomic mass is 28.3. The van der Waals surface area contributed by atoms with Crippen LogP contribution in [0.5, 0.6) is 0 Å². The third-order valence-electron chi connectivity index (χ3n) is 7.24. The van der Waals surface area contributed by atoms with Crippen molar-refractivity contribution in [3.05, 3.63) is 114 Å². The number of hydrogen-bond donors (Lipinski definition) is 0. The van der Waals surface area contributed by atoms with Gasteiger partial charge >= 0.3 is 0 Å². The minimum atomic E-state index is -2.38. The van der Waals surface area contributed by atoms with Crippen molar-refractivity contribution in [1.29, 1.82) is 0 Å². The average Bonchev–Trinajstić information content (AvgIpc) is 3.01. The molecule has 0 nitrogen and oxygen atoms in total. The minimum Gasteiger partial charge on any atom is -0.0624 e. The van der Waals surface area contributed by atoms with Gasteiger partial charge in [-0.3, -0.25) is 0 Å². The van der Waals surface area contributed by atoms with Crippen LogP contribution < -0.4 is 15.6 Å². The fourth-order valence-electron chi connectivity index (χ4n) is 6.12. The Labute approximate surface area is 185 Å². The van der Waals surface area contributed by atoms with Crippen molar-refractivity contribution in [2.75, 3.05) is 0 Å². The molecule has 2 aliphatic rings. The fourth-order valence-corrected chi connectivity index (χ4v) is 12.1. The van der Waals surface area contributed by atoms with E-state index in [2.05, 4.69) is 124 Å². The van der Waals surface area contributed by atoms with Gasteiger partial charge in [0.2, 0.25) is 0 Å². The Kier molecular flexibility index (Phi) is 3.85. The van der Waals surface area contributed by atoms with Gasteiger partial charge < -0.3 is 0 Å². The van der Waals surface area contributed by atoms with Crippen molar-refractivity contribution in [2.45, 2.75) is 25.8 Å². The molecule has 0 aromatic heterocycles. The van der Waals surface area contributed by atoms with E-state index in [0.29, 0.717) is 0 Å². The van der Waals surface area contributed by atoms with E-state index in [0.717, 1.165) is 0 Å². The van der Waals surface area contributed by atoms with E-state index in [9.17, 15) is 0 Å². The number of rotatable bonds is 1. The molecule has 4 aromatic carbocycles. The van der Waals surface area contributed by atoms with E-state index < -0.39 is 8.07 Å². The van der Waals surface area contributed by atoms with Crippen LogP contribution in [0.1, 0.15) is 37.5 Å². The van der Waals surface area contributed by atoms with E-state index in [1.807, 2.05) is 0 Å². The monoisotopic (exact) mass is 414 g/mol. The molecule has 0 N–H and O–H groups in total. The number of benzene rings is 4. The summed E-state index contributed by atoms with van der Waals surface area (Å²) in [7, 11) is -2.38. The molecule has 31 heavy (non-hydrogen) atoms. The van der Waals surface area contributed by atoms with Gasteiger partial charge in [-0.2, -0.15) is 0 Å². The summed E-state index contributed by atoms with van der Waals surface area (Å²) < 4.78 is 0. The van der Waals surface area contributed by atoms with Crippen LogP contribution >= 0.6 is 0 Å². The average molecular weight is 415 g/mol. The highest BCUT2D eigenvalue weighted by molar-refractivity contribution is 7.14. The summed E-state index contributed by atoms with van der Waals surface area (Å²) in [4.78, 5) is 0. The molecule has 4 aromatic rings. The number of hydrogen-bond acceptors (Lipinski definition) is 0. The largest absolute Gasteiger partial charge is 0.155 e. The van der Waals surface area contributed by atoms with Crippen LogP contribution in [0.25, 0.3) is 22.8 Å². The molecular weight excluding hydrogens is 388 g/mol. The lowest BCUT2D eigenvalue weighted by Gasteiger charge is -2.45. The summed E-state index contributed by atoms with van der Waals surface area (Å²) in [6.45, 7) is 7.36. The quantitative estimate of drug-likeness (QED) is 0.302. The standard InChI is InChI=1S/C30H26Si/c1-30(2,3)31(22-13-5-4-6-14-22)27-18-10-7-12-21(27)20-26-24-16-9-8-15-23(24)25-17-11-19-28(31)29(25)26/h4-20H,1-3H3. The zero-order valence-electron chi connectivity index (χ0n) is 18.3. The van der Waals surface area contributed by atoms with Gasteiger partial charge in [-0.15, -0.1) is 0 Å². The number of fused-ring (bicyclic) bond motifs is 4. The summed E-state index contributed by atoms with van der Waals surface area (Å²) >= 11 is 0. The van der Waals surface area contributed by atoms with Crippen molar-refractivity contribution in [3.63, 3.8) is 0 Å². The minimum absolute atomic E-state index is 0.0949. The molecule has 0 radical (unpaired) electrons. The molecule has 0 fully saturated rings. The Balaban J connectivity index is 1.86. The van der Waals surface area contributed by atoms with E-state index in [1.165, 1.54) is 43.8 Å². The van der Waals surface area contributed by atoms with Gasteiger partial charge in [-0.05, 0) is 60.1 Å². The van der Waals surface area contributed by atoms with Crippen molar-refractivity contribution >= 4 is 35.3 Å². The molecule has 150 valence electrons. The molecule has 0 saturated heterocycles. The molecule has 1 unspecified atom stereocenters. The van der Waals surface area contributed by atoms with Gasteiger partial charge in [0.1, 0.15) is 0 Å². The lowest BCUT2D eigenvalue weighted by Crippen LogP contribution is -2.73. The first-order valence-corrected chi connectivity index (χ1v) is 13.1. The molecule has 1 heterocycles. The third kappa shape index (κ3) is 2.36. The van der Waals surface area contributed by atoms with E-state index in [-0.39, 0.29) is 5.04 Å². The molecule has 1 aliphatic heterocycles. The zero-order chi connectivity index (χ0) is 21.2. The summed E-state index contributed by atoms with van der Waals surface area (Å²) in [6, 6.07) is 36.5. The normalized spacial score (nSPS) is 18.5. The Morgan fingerprint density at radius 3 is 1.94 bits per heavy atom. The summed E-state index contributed by atoms with van der Waals surface area (Å²) in [5.41, 5.74) is 8.36. The van der Waals surface area contributed by atoms with Gasteiger partial charge in [0.05, 0.1) is 0 Å². The lowest BCUT2D eigenvalue weighted by molar-refractivity contribution is 0.739. The van der Waals surface area contributed by atoms with Crippen molar-refractivity contribution in [1.82, 2.24) is 0 Å². The van der Waals surface area contributed by atoms with Crippen molar-refractivity contribution in [3.8, 4) is 11.1 Å². The first-order valence-electron chi connectivity index (χ1n) is 11.1. The second-order valence-corrected chi connectivity index (χ2v) is 14.4. The first-order chi connectivity index (χ1) is 15.0. The topological polar surface area (TPSA) is 0 Å². The maximum Gasteiger partial charge on any atom is 0.155 e. The van der Waals surface area contributed by atoms with E-state index in [4.69, 9.17) is 0 Å². The Morgan fingerprint density at radius 2 is 1.16 bits per heavy atom. The zero-order valence-corrected chi connectivity index (χ0v) is 19.3. The van der Waals surface area contributed by atoms with Gasteiger partial charge in [0.25, 0.3) is 0 Å². The molecule has 1 heteroatoms. The van der Waals surface area contributed by atoms with E-state index >= 15 is 0 Å². The van der Waals surface area contributed by atoms with Gasteiger partial charge in [0, 0.05) is 0 Å². The van der Waals surface area contributed by atoms with E-state index in [1.54, 1.807) is 5.19 Å². The second-order valence-electron chi connectivity index (χ2n) is 9.79. The van der Waals surface area contributed by atoms with Crippen molar-refractivity contribution < 1.29 is 0 Å². The van der Waals surface area contributed by atoms with Crippen LogP contribution in [0.4, 0.5) is 0 Å². The second kappa shape index (κ2) is 6.42. The van der Waals surface area contributed by atoms with Crippen LogP contribution in [0.2, 0.25) is 5.04 Å². The smallest absolute Gasteiger partial charge is 0.0624 e. The summed E-state index contributed by atoms with van der Waals surface area (Å²) in [6.07, 6.45) is 2.47. The highest BCUT2D eigenvalue weighted by Crippen LogP contribution is 2.48. The highest BCUT2D eigenvalue weighted by Gasteiger charge is 2.53. The molecule has 0 spiro atoms. The summed E-state index contributed by atoms with van der Waals surface area (Å²) in [5.74, 6) is 0. The third-order valence-corrected chi connectivity index (χ3v) is 13.2. The van der Waals surface area contributed by atoms with Gasteiger partial charge in [0.15, 0.2) is 8.07 Å². The molecule has 1 aliphatic carbocycles. The fraction of sp³-hybridized carbons (Fsp3) is 0.133. The van der Waals surface area contributed by atoms with Crippen LogP contribution in [0.15, 0.2) is 97.1 Å². The molecule has 1 atom stereocenters. The first kappa shape index (κ1) is 18.6. The molecule has 0 bridgehead atoms. The van der Waals surface area contributed by atoms with Crippen LogP contribution in [-0.4, -0.2) is 8.07 Å². The maximum absolute atomic E-state index is 2.47. The Bertz CT molecular complexity index is 1350. The van der Waals surface area contributed by atoms with Crippen LogP contribution in [0.3, 0.4) is 0 Å². The van der Waals surface area contributed by atoms with Crippen LogP contribution in [0, 0.1) is 0 Å². The van der Waals surface area contributed by atoms with Gasteiger partial charge in [-0.1, -0.05) is 118 Å². The van der Waals surface area contributed by atoms with Crippen molar-refractivity contribution in [2.24, 2.45) is 0 Å². The SMILES string of the molecule is CC(C)(C)[Si]1(c2ccccc2)c2ccccc2C=C2c3ccccc3-c3cccc1c32. The maximum atomic E-state index is 2.47. The summed E-state index contributed by atoms with van der Waals surface area (Å²) in [5, 5.41) is 4.67. The Morgan fingerprint density at radius 1 is 0.548 bits per heavy atom. The predicted molar refractivity (Wildman–Crippen MR) is 136 cm³/mol. The molecular formula is C30H26Si. The Hall–Kier alpha value is -3.16.